The van der Waals surface area contributed by atoms with Crippen LogP contribution in [-0.4, -0.2) is 45.2 Å². The van der Waals surface area contributed by atoms with Gasteiger partial charge in [-0.15, -0.1) is 0 Å². The molecule has 2 fully saturated rings. The Labute approximate surface area is 142 Å². The van der Waals surface area contributed by atoms with Crippen molar-refractivity contribution >= 4 is 17.5 Å². The molecule has 0 unspecified atom stereocenters. The topological polar surface area (TPSA) is 67.9 Å². The molecule has 1 aliphatic carbocycles. The van der Waals surface area contributed by atoms with Gasteiger partial charge in [-0.3, -0.25) is 9.59 Å². The van der Waals surface area contributed by atoms with Crippen molar-refractivity contribution in [3.05, 3.63) is 24.3 Å². The molecule has 1 N–H and O–H groups in total. The standard InChI is InChI=1S/C18H24N2O4/c1-23-12-18(8-3-9-18)17(22)19-13-10-16(21)20(11-13)14-4-6-15(24-2)7-5-14/h4-7,13H,3,8-12H2,1-2H3,(H,19,22)/t13-/m0/s1. The third-order valence-corrected chi connectivity index (χ3v) is 5.06. The van der Waals surface area contributed by atoms with Gasteiger partial charge in [0.25, 0.3) is 0 Å². The maximum absolute atomic E-state index is 12.6. The number of nitrogens with one attached hydrogen (secondary N) is 1. The number of methoxy groups -OCH3 is 2. The molecule has 0 spiro atoms. The lowest BCUT2D eigenvalue weighted by atomic mass is 9.68. The van der Waals surface area contributed by atoms with Gasteiger partial charge in [0.15, 0.2) is 0 Å². The van der Waals surface area contributed by atoms with Crippen LogP contribution < -0.4 is 15.0 Å². The molecule has 1 saturated carbocycles. The van der Waals surface area contributed by atoms with Gasteiger partial charge >= 0.3 is 0 Å². The number of ether oxygens (including phenoxy) is 2. The minimum absolute atomic E-state index is 0.0185. The molecule has 0 aromatic heterocycles. The van der Waals surface area contributed by atoms with Gasteiger partial charge in [0.05, 0.1) is 25.2 Å². The highest BCUT2D eigenvalue weighted by Gasteiger charge is 2.45. The molecule has 24 heavy (non-hydrogen) atoms. The molecule has 6 heteroatoms. The molecule has 1 aromatic carbocycles. The second-order valence-electron chi connectivity index (χ2n) is 6.64. The summed E-state index contributed by atoms with van der Waals surface area (Å²) < 4.78 is 10.4. The lowest BCUT2D eigenvalue weighted by Gasteiger charge is -2.40. The Kier molecular flexibility index (Phi) is 4.76. The first-order valence-electron chi connectivity index (χ1n) is 8.32. The minimum Gasteiger partial charge on any atom is -0.497 e. The van der Waals surface area contributed by atoms with Crippen molar-refractivity contribution in [2.45, 2.75) is 31.7 Å². The summed E-state index contributed by atoms with van der Waals surface area (Å²) in [5.74, 6) is 0.798. The van der Waals surface area contributed by atoms with Crippen LogP contribution in [0.4, 0.5) is 5.69 Å². The number of benzene rings is 1. The number of rotatable bonds is 6. The highest BCUT2D eigenvalue weighted by molar-refractivity contribution is 5.97. The smallest absolute Gasteiger partial charge is 0.229 e. The van der Waals surface area contributed by atoms with Crippen LogP contribution in [-0.2, 0) is 14.3 Å². The molecule has 1 aliphatic heterocycles. The van der Waals surface area contributed by atoms with Crippen LogP contribution in [0.3, 0.4) is 0 Å². The average Bonchev–Trinajstić information content (AvgIpc) is 2.91. The molecule has 6 nitrogen and oxygen atoms in total. The maximum atomic E-state index is 12.6. The highest BCUT2D eigenvalue weighted by atomic mass is 16.5. The van der Waals surface area contributed by atoms with Gasteiger partial charge in [0, 0.05) is 25.8 Å². The zero-order chi connectivity index (χ0) is 17.2. The summed E-state index contributed by atoms with van der Waals surface area (Å²) >= 11 is 0. The summed E-state index contributed by atoms with van der Waals surface area (Å²) in [4.78, 5) is 26.6. The summed E-state index contributed by atoms with van der Waals surface area (Å²) in [6.07, 6.45) is 3.10. The van der Waals surface area contributed by atoms with E-state index in [4.69, 9.17) is 9.47 Å². The van der Waals surface area contributed by atoms with Crippen LogP contribution in [0.1, 0.15) is 25.7 Å². The number of carbonyl (C=O) groups excluding carboxylic acids is 2. The van der Waals surface area contributed by atoms with Crippen LogP contribution in [0, 0.1) is 5.41 Å². The first-order chi connectivity index (χ1) is 11.6. The van der Waals surface area contributed by atoms with Crippen molar-refractivity contribution in [3.63, 3.8) is 0 Å². The lowest BCUT2D eigenvalue weighted by Crippen LogP contribution is -2.52. The van der Waals surface area contributed by atoms with Crippen LogP contribution in [0.2, 0.25) is 0 Å². The second-order valence-corrected chi connectivity index (χ2v) is 6.64. The number of carbonyl (C=O) groups is 2. The van der Waals surface area contributed by atoms with Crippen LogP contribution in [0.5, 0.6) is 5.75 Å². The van der Waals surface area contributed by atoms with E-state index in [1.807, 2.05) is 24.3 Å². The van der Waals surface area contributed by atoms with Gasteiger partial charge in [-0.1, -0.05) is 6.42 Å². The van der Waals surface area contributed by atoms with E-state index < -0.39 is 5.41 Å². The molecule has 2 aliphatic rings. The van der Waals surface area contributed by atoms with E-state index in [1.165, 1.54) is 0 Å². The van der Waals surface area contributed by atoms with Gasteiger partial charge < -0.3 is 19.7 Å². The number of amides is 2. The van der Waals surface area contributed by atoms with Gasteiger partial charge in [-0.25, -0.2) is 0 Å². The van der Waals surface area contributed by atoms with E-state index in [0.29, 0.717) is 19.6 Å². The number of anilines is 1. The number of nitrogens with zero attached hydrogens (tertiary/aromatic N) is 1. The molecule has 1 heterocycles. The Morgan fingerprint density at radius 2 is 2.00 bits per heavy atom. The van der Waals surface area contributed by atoms with E-state index in [2.05, 4.69) is 5.32 Å². The lowest BCUT2D eigenvalue weighted by molar-refractivity contribution is -0.141. The van der Waals surface area contributed by atoms with E-state index in [9.17, 15) is 9.59 Å². The monoisotopic (exact) mass is 332 g/mol. The zero-order valence-corrected chi connectivity index (χ0v) is 14.2. The van der Waals surface area contributed by atoms with Crippen molar-refractivity contribution in [3.8, 4) is 5.75 Å². The number of hydrogen-bond acceptors (Lipinski definition) is 4. The van der Waals surface area contributed by atoms with Crippen LogP contribution in [0.15, 0.2) is 24.3 Å². The van der Waals surface area contributed by atoms with E-state index in [-0.39, 0.29) is 17.9 Å². The SMILES string of the molecule is COCC1(C(=O)N[C@H]2CC(=O)N(c3ccc(OC)cc3)C2)CCC1. The van der Waals surface area contributed by atoms with Gasteiger partial charge in [-0.2, -0.15) is 0 Å². The molecule has 1 atom stereocenters. The Balaban J connectivity index is 1.63. The molecule has 130 valence electrons. The average molecular weight is 332 g/mol. The number of hydrogen-bond donors (Lipinski definition) is 1. The summed E-state index contributed by atoms with van der Waals surface area (Å²) in [5.41, 5.74) is 0.429. The first kappa shape index (κ1) is 16.8. The van der Waals surface area contributed by atoms with Crippen molar-refractivity contribution in [1.82, 2.24) is 5.32 Å². The molecular formula is C18H24N2O4. The molecule has 0 bridgehead atoms. The fraction of sp³-hybridized carbons (Fsp3) is 0.556. The molecule has 0 radical (unpaired) electrons. The summed E-state index contributed by atoms with van der Waals surface area (Å²) in [6.45, 7) is 0.946. The van der Waals surface area contributed by atoms with E-state index >= 15 is 0 Å². The van der Waals surface area contributed by atoms with Crippen LogP contribution in [0.25, 0.3) is 0 Å². The fourth-order valence-electron chi connectivity index (χ4n) is 3.47. The predicted octanol–water partition coefficient (Wildman–Crippen LogP) is 1.73. The first-order valence-corrected chi connectivity index (χ1v) is 8.32. The van der Waals surface area contributed by atoms with E-state index in [1.54, 1.807) is 19.1 Å². The van der Waals surface area contributed by atoms with Gasteiger partial charge in [-0.05, 0) is 37.1 Å². The summed E-state index contributed by atoms with van der Waals surface area (Å²) in [6, 6.07) is 7.23. The van der Waals surface area contributed by atoms with Crippen molar-refractivity contribution in [2.24, 2.45) is 5.41 Å². The predicted molar refractivity (Wildman–Crippen MR) is 90.1 cm³/mol. The molecule has 2 amide bonds. The van der Waals surface area contributed by atoms with Crippen molar-refractivity contribution < 1.29 is 19.1 Å². The highest BCUT2D eigenvalue weighted by Crippen LogP contribution is 2.41. The Morgan fingerprint density at radius 3 is 2.54 bits per heavy atom. The second kappa shape index (κ2) is 6.81. The Hall–Kier alpha value is -2.08. The summed E-state index contributed by atoms with van der Waals surface area (Å²) in [5, 5.41) is 3.05. The minimum atomic E-state index is -0.397. The summed E-state index contributed by atoms with van der Waals surface area (Å²) in [7, 11) is 3.23. The quantitative estimate of drug-likeness (QED) is 0.861. The van der Waals surface area contributed by atoms with Crippen LogP contribution >= 0.6 is 0 Å². The molecule has 1 aromatic rings. The van der Waals surface area contributed by atoms with Crippen molar-refractivity contribution in [1.29, 1.82) is 0 Å². The Morgan fingerprint density at radius 1 is 1.29 bits per heavy atom. The molecule has 1 saturated heterocycles. The third-order valence-electron chi connectivity index (χ3n) is 5.06. The Bertz CT molecular complexity index is 610. The normalized spacial score (nSPS) is 22.2. The van der Waals surface area contributed by atoms with Gasteiger partial charge in [0.2, 0.25) is 11.8 Å². The zero-order valence-electron chi connectivity index (χ0n) is 14.2. The molecule has 3 rings (SSSR count). The van der Waals surface area contributed by atoms with E-state index in [0.717, 1.165) is 30.7 Å². The fourth-order valence-corrected chi connectivity index (χ4v) is 3.47. The van der Waals surface area contributed by atoms with Crippen molar-refractivity contribution in [2.75, 3.05) is 32.3 Å². The third kappa shape index (κ3) is 3.11. The maximum Gasteiger partial charge on any atom is 0.229 e. The molecular weight excluding hydrogens is 308 g/mol. The largest absolute Gasteiger partial charge is 0.497 e. The van der Waals surface area contributed by atoms with Gasteiger partial charge in [0.1, 0.15) is 5.75 Å².